The summed E-state index contributed by atoms with van der Waals surface area (Å²) < 4.78 is 27.3. The quantitative estimate of drug-likeness (QED) is 0.877. The first-order chi connectivity index (χ1) is 9.09. The van der Waals surface area contributed by atoms with Crippen LogP contribution in [0.4, 0.5) is 0 Å². The van der Waals surface area contributed by atoms with Gasteiger partial charge in [-0.2, -0.15) is 4.31 Å². The number of sulfonamides is 1. The van der Waals surface area contributed by atoms with Gasteiger partial charge in [0.15, 0.2) is 0 Å². The number of thiophene rings is 1. The van der Waals surface area contributed by atoms with Gasteiger partial charge in [0.1, 0.15) is 4.21 Å². The van der Waals surface area contributed by atoms with Crippen LogP contribution in [-0.4, -0.2) is 37.0 Å². The minimum absolute atomic E-state index is 0.0557. The number of rotatable bonds is 6. The highest BCUT2D eigenvalue weighted by atomic mass is 32.2. The van der Waals surface area contributed by atoms with Gasteiger partial charge < -0.3 is 5.11 Å². The number of hydrogen-bond acceptors (Lipinski definition) is 4. The summed E-state index contributed by atoms with van der Waals surface area (Å²) in [5.74, 6) is 0. The molecule has 1 heterocycles. The van der Waals surface area contributed by atoms with Gasteiger partial charge in [-0.25, -0.2) is 8.42 Å². The first-order valence-electron chi connectivity index (χ1n) is 6.81. The molecule has 0 saturated heterocycles. The Bertz CT molecular complexity index is 504. The van der Waals surface area contributed by atoms with Crippen molar-refractivity contribution in [3.63, 3.8) is 0 Å². The summed E-state index contributed by atoms with van der Waals surface area (Å²) in [5.41, 5.74) is 0. The maximum atomic E-state index is 12.6. The second kappa shape index (κ2) is 6.35. The molecule has 1 fully saturated rings. The summed E-state index contributed by atoms with van der Waals surface area (Å²) in [6, 6.07) is 3.64. The molecule has 19 heavy (non-hydrogen) atoms. The van der Waals surface area contributed by atoms with E-state index in [1.807, 2.05) is 6.92 Å². The first-order valence-corrected chi connectivity index (χ1v) is 9.06. The molecule has 0 radical (unpaired) electrons. The minimum Gasteiger partial charge on any atom is -0.396 e. The lowest BCUT2D eigenvalue weighted by Gasteiger charge is -2.25. The predicted octanol–water partition coefficient (Wildman–Crippen LogP) is 2.24. The van der Waals surface area contributed by atoms with E-state index in [0.29, 0.717) is 17.2 Å². The minimum atomic E-state index is -3.36. The molecule has 1 aliphatic carbocycles. The lowest BCUT2D eigenvalue weighted by Crippen LogP contribution is -2.38. The Kier molecular flexibility index (Phi) is 5.00. The van der Waals surface area contributed by atoms with Crippen LogP contribution in [0.3, 0.4) is 0 Å². The Morgan fingerprint density at radius 2 is 2.05 bits per heavy atom. The van der Waals surface area contributed by atoms with Gasteiger partial charge in [0.05, 0.1) is 0 Å². The number of nitrogens with zero attached hydrogens (tertiary/aromatic N) is 1. The summed E-state index contributed by atoms with van der Waals surface area (Å²) in [7, 11) is -3.36. The van der Waals surface area contributed by atoms with E-state index < -0.39 is 10.0 Å². The second-order valence-electron chi connectivity index (χ2n) is 4.84. The highest BCUT2D eigenvalue weighted by molar-refractivity contribution is 7.91. The van der Waals surface area contributed by atoms with Crippen LogP contribution in [0.1, 0.15) is 37.5 Å². The fourth-order valence-electron chi connectivity index (χ4n) is 2.67. The molecule has 1 aromatic rings. The van der Waals surface area contributed by atoms with Gasteiger partial charge in [0, 0.05) is 30.5 Å². The van der Waals surface area contributed by atoms with Gasteiger partial charge in [-0.15, -0.1) is 11.3 Å². The molecule has 6 heteroatoms. The lowest BCUT2D eigenvalue weighted by molar-refractivity contribution is 0.300. The molecule has 0 unspecified atom stereocenters. The highest BCUT2D eigenvalue weighted by Gasteiger charge is 2.32. The molecule has 4 nitrogen and oxygen atoms in total. The van der Waals surface area contributed by atoms with Crippen molar-refractivity contribution in [1.82, 2.24) is 4.31 Å². The zero-order valence-corrected chi connectivity index (χ0v) is 12.8. The average molecular weight is 303 g/mol. The molecule has 0 aliphatic heterocycles. The van der Waals surface area contributed by atoms with Gasteiger partial charge in [-0.3, -0.25) is 0 Å². The SMILES string of the molecule is CCN(C1CCCC1)S(=O)(=O)c1ccc(CCO)s1. The fourth-order valence-corrected chi connectivity index (χ4v) is 5.84. The first kappa shape index (κ1) is 15.0. The summed E-state index contributed by atoms with van der Waals surface area (Å²) >= 11 is 1.28. The summed E-state index contributed by atoms with van der Waals surface area (Å²) in [6.07, 6.45) is 4.72. The van der Waals surface area contributed by atoms with Crippen molar-refractivity contribution in [3.05, 3.63) is 17.0 Å². The Morgan fingerprint density at radius 1 is 1.37 bits per heavy atom. The van der Waals surface area contributed by atoms with Crippen molar-refractivity contribution >= 4 is 21.4 Å². The fraction of sp³-hybridized carbons (Fsp3) is 0.692. The smallest absolute Gasteiger partial charge is 0.252 e. The van der Waals surface area contributed by atoms with E-state index in [0.717, 1.165) is 30.6 Å². The van der Waals surface area contributed by atoms with E-state index in [4.69, 9.17) is 5.11 Å². The molecule has 1 N–H and O–H groups in total. The van der Waals surface area contributed by atoms with Gasteiger partial charge in [0.25, 0.3) is 10.0 Å². The van der Waals surface area contributed by atoms with Crippen molar-refractivity contribution in [2.24, 2.45) is 0 Å². The van der Waals surface area contributed by atoms with Gasteiger partial charge in [-0.05, 0) is 25.0 Å². The number of aliphatic hydroxyl groups is 1. The Labute approximate surface area is 119 Å². The zero-order valence-electron chi connectivity index (χ0n) is 11.2. The molecule has 1 aliphatic rings. The molecule has 0 atom stereocenters. The number of hydrogen-bond donors (Lipinski definition) is 1. The van der Waals surface area contributed by atoms with Crippen LogP contribution in [0.5, 0.6) is 0 Å². The molecule has 108 valence electrons. The molecule has 1 aromatic heterocycles. The average Bonchev–Trinajstić information content (AvgIpc) is 3.01. The molecular weight excluding hydrogens is 282 g/mol. The van der Waals surface area contributed by atoms with Crippen molar-refractivity contribution < 1.29 is 13.5 Å². The third-order valence-corrected chi connectivity index (χ3v) is 7.24. The summed E-state index contributed by atoms with van der Waals surface area (Å²) in [5, 5.41) is 8.91. The standard InChI is InChI=1S/C13H21NO3S2/c1-2-14(11-5-3-4-6-11)19(16,17)13-8-7-12(18-13)9-10-15/h7-8,11,15H,2-6,9-10H2,1H3. The van der Waals surface area contributed by atoms with Crippen molar-refractivity contribution in [1.29, 1.82) is 0 Å². The maximum Gasteiger partial charge on any atom is 0.252 e. The normalized spacial score (nSPS) is 17.4. The Balaban J connectivity index is 2.23. The van der Waals surface area contributed by atoms with Gasteiger partial charge in [0.2, 0.25) is 0 Å². The van der Waals surface area contributed by atoms with Gasteiger partial charge >= 0.3 is 0 Å². The molecule has 0 spiro atoms. The van der Waals surface area contributed by atoms with Crippen molar-refractivity contribution in [2.75, 3.05) is 13.2 Å². The Hall–Kier alpha value is -0.430. The van der Waals surface area contributed by atoms with Crippen LogP contribution in [0.2, 0.25) is 0 Å². The van der Waals surface area contributed by atoms with E-state index in [1.165, 1.54) is 11.3 Å². The van der Waals surface area contributed by atoms with Crippen LogP contribution in [-0.2, 0) is 16.4 Å². The van der Waals surface area contributed by atoms with Crippen molar-refractivity contribution in [2.45, 2.75) is 49.3 Å². The van der Waals surface area contributed by atoms with Crippen LogP contribution < -0.4 is 0 Å². The third kappa shape index (κ3) is 3.18. The van der Waals surface area contributed by atoms with E-state index in [1.54, 1.807) is 16.4 Å². The molecule has 0 bridgehead atoms. The lowest BCUT2D eigenvalue weighted by atomic mass is 10.2. The molecule has 0 amide bonds. The monoisotopic (exact) mass is 303 g/mol. The molecule has 0 aromatic carbocycles. The van der Waals surface area contributed by atoms with E-state index in [9.17, 15) is 8.42 Å². The predicted molar refractivity (Wildman–Crippen MR) is 76.9 cm³/mol. The zero-order chi connectivity index (χ0) is 13.9. The van der Waals surface area contributed by atoms with Crippen LogP contribution in [0, 0.1) is 0 Å². The highest BCUT2D eigenvalue weighted by Crippen LogP contribution is 2.31. The molecular formula is C13H21NO3S2. The molecule has 1 saturated carbocycles. The maximum absolute atomic E-state index is 12.6. The largest absolute Gasteiger partial charge is 0.396 e. The van der Waals surface area contributed by atoms with E-state index in [2.05, 4.69) is 0 Å². The molecule has 2 rings (SSSR count). The van der Waals surface area contributed by atoms with Gasteiger partial charge in [-0.1, -0.05) is 19.8 Å². The Morgan fingerprint density at radius 3 is 2.63 bits per heavy atom. The topological polar surface area (TPSA) is 57.6 Å². The second-order valence-corrected chi connectivity index (χ2v) is 8.13. The van der Waals surface area contributed by atoms with Crippen LogP contribution in [0.25, 0.3) is 0 Å². The van der Waals surface area contributed by atoms with E-state index in [-0.39, 0.29) is 12.6 Å². The third-order valence-electron chi connectivity index (χ3n) is 3.60. The summed E-state index contributed by atoms with van der Waals surface area (Å²) in [6.45, 7) is 2.48. The van der Waals surface area contributed by atoms with Crippen LogP contribution >= 0.6 is 11.3 Å². The summed E-state index contributed by atoms with van der Waals surface area (Å²) in [4.78, 5) is 0.920. The van der Waals surface area contributed by atoms with E-state index >= 15 is 0 Å². The number of aliphatic hydroxyl groups excluding tert-OH is 1. The van der Waals surface area contributed by atoms with Crippen molar-refractivity contribution in [3.8, 4) is 0 Å². The van der Waals surface area contributed by atoms with Crippen LogP contribution in [0.15, 0.2) is 16.3 Å².